The predicted molar refractivity (Wildman–Crippen MR) is 138 cm³/mol. The summed E-state index contributed by atoms with van der Waals surface area (Å²) in [7, 11) is 1.73. The number of aliphatic hydroxyl groups is 1. The van der Waals surface area contributed by atoms with E-state index in [0.29, 0.717) is 6.54 Å². The van der Waals surface area contributed by atoms with Crippen LogP contribution in [0.5, 0.6) is 5.75 Å². The van der Waals surface area contributed by atoms with Crippen LogP contribution in [0.4, 0.5) is 10.1 Å². The summed E-state index contributed by atoms with van der Waals surface area (Å²) in [5.74, 6) is 0.540. The molecule has 1 saturated heterocycles. The Morgan fingerprint density at radius 1 is 0.886 bits per heavy atom. The number of β-amino-alcohol motifs (C(OH)–C–C–N with tert-alkyl or cyclic N) is 1. The number of hydrogen-bond donors (Lipinski definition) is 1. The van der Waals surface area contributed by atoms with Crippen LogP contribution in [0.1, 0.15) is 23.7 Å². The maximum absolute atomic E-state index is 13.2. The second-order valence-electron chi connectivity index (χ2n) is 9.02. The Morgan fingerprint density at radius 2 is 1.57 bits per heavy atom. The molecule has 1 aliphatic rings. The number of anilines is 1. The van der Waals surface area contributed by atoms with Gasteiger partial charge in [0.15, 0.2) is 0 Å². The number of aliphatic hydroxyl groups excluding tert-OH is 1. The van der Waals surface area contributed by atoms with E-state index in [-0.39, 0.29) is 18.5 Å². The number of piperazine rings is 1. The number of halogens is 1. The third-order valence-electron chi connectivity index (χ3n) is 6.55. The van der Waals surface area contributed by atoms with E-state index in [2.05, 4.69) is 34.1 Å². The highest BCUT2D eigenvalue weighted by atomic mass is 19.1. The van der Waals surface area contributed by atoms with Crippen LogP contribution in [0.2, 0.25) is 0 Å². The second kappa shape index (κ2) is 12.7. The van der Waals surface area contributed by atoms with Crippen LogP contribution in [-0.4, -0.2) is 62.6 Å². The number of benzene rings is 3. The van der Waals surface area contributed by atoms with E-state index >= 15 is 0 Å². The van der Waals surface area contributed by atoms with Gasteiger partial charge in [-0.3, -0.25) is 4.90 Å². The minimum absolute atomic E-state index is 0.0805. The molecule has 0 spiro atoms. The Kier molecular flexibility index (Phi) is 9.12. The highest BCUT2D eigenvalue weighted by Crippen LogP contribution is 2.31. The first-order chi connectivity index (χ1) is 17.1. The van der Waals surface area contributed by atoms with E-state index in [1.54, 1.807) is 7.11 Å². The fraction of sp³-hybridized carbons (Fsp3) is 0.379. The Balaban J connectivity index is 1.26. The van der Waals surface area contributed by atoms with Gasteiger partial charge < -0.3 is 19.5 Å². The van der Waals surface area contributed by atoms with E-state index < -0.39 is 6.10 Å². The lowest BCUT2D eigenvalue weighted by Gasteiger charge is -2.36. The molecule has 1 fully saturated rings. The Bertz CT molecular complexity index is 1020. The fourth-order valence-corrected chi connectivity index (χ4v) is 4.60. The number of rotatable bonds is 11. The molecule has 0 aliphatic carbocycles. The number of nitrogens with zero attached hydrogens (tertiary/aromatic N) is 2. The maximum Gasteiger partial charge on any atom is 0.125 e. The van der Waals surface area contributed by atoms with E-state index in [4.69, 9.17) is 9.47 Å². The van der Waals surface area contributed by atoms with Gasteiger partial charge in [-0.15, -0.1) is 0 Å². The van der Waals surface area contributed by atoms with E-state index in [1.807, 2.05) is 42.5 Å². The van der Waals surface area contributed by atoms with Crippen molar-refractivity contribution in [1.82, 2.24) is 4.90 Å². The fourth-order valence-electron chi connectivity index (χ4n) is 4.60. The Hall–Kier alpha value is -2.93. The van der Waals surface area contributed by atoms with Crippen molar-refractivity contribution in [2.45, 2.75) is 25.0 Å². The molecule has 0 amide bonds. The van der Waals surface area contributed by atoms with Gasteiger partial charge >= 0.3 is 0 Å². The van der Waals surface area contributed by atoms with Crippen LogP contribution in [0.15, 0.2) is 78.9 Å². The minimum atomic E-state index is -0.592. The van der Waals surface area contributed by atoms with Crippen molar-refractivity contribution in [3.63, 3.8) is 0 Å². The topological polar surface area (TPSA) is 45.2 Å². The van der Waals surface area contributed by atoms with Crippen LogP contribution in [-0.2, 0) is 11.2 Å². The number of para-hydroxylation sites is 1. The van der Waals surface area contributed by atoms with Crippen molar-refractivity contribution < 1.29 is 19.0 Å². The van der Waals surface area contributed by atoms with Gasteiger partial charge in [-0.1, -0.05) is 48.5 Å². The monoisotopic (exact) mass is 478 g/mol. The van der Waals surface area contributed by atoms with Gasteiger partial charge in [0, 0.05) is 51.1 Å². The van der Waals surface area contributed by atoms with Crippen LogP contribution < -0.4 is 9.64 Å². The Labute approximate surface area is 207 Å². The van der Waals surface area contributed by atoms with Crippen LogP contribution in [0.3, 0.4) is 0 Å². The molecule has 0 saturated carbocycles. The number of ether oxygens (including phenoxy) is 2. The first kappa shape index (κ1) is 25.2. The molecule has 6 heteroatoms. The maximum atomic E-state index is 13.2. The average molecular weight is 479 g/mol. The third kappa shape index (κ3) is 7.28. The molecule has 2 atom stereocenters. The molecule has 1 heterocycles. The van der Waals surface area contributed by atoms with Gasteiger partial charge in [-0.05, 0) is 48.7 Å². The summed E-state index contributed by atoms with van der Waals surface area (Å²) < 4.78 is 25.1. The molecule has 0 radical (unpaired) electrons. The lowest BCUT2D eigenvalue weighted by molar-refractivity contribution is 0.0613. The SMILES string of the molecule is CO[C@H](CCc1ccccc1)c1ccccc1OC[C@H](O)CN1CCN(c2ccc(F)cc2)CC1. The highest BCUT2D eigenvalue weighted by Gasteiger charge is 2.21. The molecule has 1 aliphatic heterocycles. The van der Waals surface area contributed by atoms with Crippen molar-refractivity contribution in [1.29, 1.82) is 0 Å². The molecular weight excluding hydrogens is 443 g/mol. The summed E-state index contributed by atoms with van der Waals surface area (Å²) in [6.45, 7) is 4.16. The van der Waals surface area contributed by atoms with Crippen LogP contribution in [0.25, 0.3) is 0 Å². The van der Waals surface area contributed by atoms with Gasteiger partial charge in [-0.25, -0.2) is 4.39 Å². The quantitative estimate of drug-likeness (QED) is 0.433. The largest absolute Gasteiger partial charge is 0.490 e. The normalized spacial score (nSPS) is 16.1. The third-order valence-corrected chi connectivity index (χ3v) is 6.55. The molecule has 0 bridgehead atoms. The van der Waals surface area contributed by atoms with Crippen molar-refractivity contribution in [2.24, 2.45) is 0 Å². The minimum Gasteiger partial charge on any atom is -0.490 e. The van der Waals surface area contributed by atoms with Gasteiger partial charge in [0.25, 0.3) is 0 Å². The summed E-state index contributed by atoms with van der Waals surface area (Å²) >= 11 is 0. The standard InChI is InChI=1S/C29H35FN2O3/c1-34-28(16-11-23-7-3-2-4-8-23)27-9-5-6-10-29(27)35-22-26(33)21-31-17-19-32(20-18-31)25-14-12-24(30)13-15-25/h2-10,12-15,26,28,33H,11,16-22H2,1H3/t26-,28-/m1/s1. The van der Waals surface area contributed by atoms with Gasteiger partial charge in [-0.2, -0.15) is 0 Å². The highest BCUT2D eigenvalue weighted by molar-refractivity contribution is 5.46. The molecule has 5 nitrogen and oxygen atoms in total. The van der Waals surface area contributed by atoms with E-state index in [9.17, 15) is 9.50 Å². The molecule has 4 rings (SSSR count). The summed E-state index contributed by atoms with van der Waals surface area (Å²) in [6, 6.07) is 24.9. The predicted octanol–water partition coefficient (Wildman–Crippen LogP) is 4.71. The molecule has 0 unspecified atom stereocenters. The van der Waals surface area contributed by atoms with Gasteiger partial charge in [0.2, 0.25) is 0 Å². The molecule has 3 aromatic rings. The lowest BCUT2D eigenvalue weighted by Crippen LogP contribution is -2.49. The summed E-state index contributed by atoms with van der Waals surface area (Å²) in [6.07, 6.45) is 1.09. The van der Waals surface area contributed by atoms with Crippen molar-refractivity contribution >= 4 is 5.69 Å². The van der Waals surface area contributed by atoms with Crippen molar-refractivity contribution in [2.75, 3.05) is 51.3 Å². The number of methoxy groups -OCH3 is 1. The molecule has 1 N–H and O–H groups in total. The average Bonchev–Trinajstić information content (AvgIpc) is 2.90. The van der Waals surface area contributed by atoms with Gasteiger partial charge in [0.1, 0.15) is 24.3 Å². The molecule has 35 heavy (non-hydrogen) atoms. The molecule has 186 valence electrons. The van der Waals surface area contributed by atoms with E-state index in [0.717, 1.165) is 56.0 Å². The van der Waals surface area contributed by atoms with E-state index in [1.165, 1.54) is 17.7 Å². The zero-order chi connectivity index (χ0) is 24.5. The summed E-state index contributed by atoms with van der Waals surface area (Å²) in [4.78, 5) is 4.49. The molecule has 3 aromatic carbocycles. The lowest BCUT2D eigenvalue weighted by atomic mass is 10.0. The first-order valence-corrected chi connectivity index (χ1v) is 12.3. The molecular formula is C29H35FN2O3. The number of hydrogen-bond acceptors (Lipinski definition) is 5. The van der Waals surface area contributed by atoms with Crippen molar-refractivity contribution in [3.05, 3.63) is 95.8 Å². The first-order valence-electron chi connectivity index (χ1n) is 12.3. The van der Waals surface area contributed by atoms with Crippen molar-refractivity contribution in [3.8, 4) is 5.75 Å². The van der Waals surface area contributed by atoms with Gasteiger partial charge in [0.05, 0.1) is 6.10 Å². The summed E-state index contributed by atoms with van der Waals surface area (Å²) in [5, 5.41) is 10.7. The van der Waals surface area contributed by atoms with Crippen LogP contribution >= 0.6 is 0 Å². The molecule has 0 aromatic heterocycles. The zero-order valence-electron chi connectivity index (χ0n) is 20.4. The number of aryl methyl sites for hydroxylation is 1. The second-order valence-corrected chi connectivity index (χ2v) is 9.02. The summed E-state index contributed by atoms with van der Waals surface area (Å²) in [5.41, 5.74) is 3.32. The smallest absolute Gasteiger partial charge is 0.125 e. The Morgan fingerprint density at radius 3 is 2.29 bits per heavy atom. The zero-order valence-corrected chi connectivity index (χ0v) is 20.4. The van der Waals surface area contributed by atoms with Crippen LogP contribution in [0, 0.1) is 5.82 Å².